The van der Waals surface area contributed by atoms with Crippen molar-refractivity contribution in [2.75, 3.05) is 7.05 Å². The van der Waals surface area contributed by atoms with Crippen molar-refractivity contribution < 1.29 is 4.79 Å². The number of carbonyl (C=O) groups excluding carboxylic acids is 1. The van der Waals surface area contributed by atoms with E-state index in [-0.39, 0.29) is 5.91 Å². The molecule has 1 aliphatic rings. The summed E-state index contributed by atoms with van der Waals surface area (Å²) in [4.78, 5) is 20.9. The number of hydrogen-bond donors (Lipinski definition) is 1. The molecule has 0 aromatic carbocycles. The van der Waals surface area contributed by atoms with Crippen molar-refractivity contribution in [1.29, 1.82) is 0 Å². The molecule has 2 rings (SSSR count). The number of amides is 1. The van der Waals surface area contributed by atoms with Crippen molar-refractivity contribution in [3.05, 3.63) is 18.2 Å². The zero-order chi connectivity index (χ0) is 13.5. The van der Waals surface area contributed by atoms with Crippen molar-refractivity contribution in [3.63, 3.8) is 0 Å². The second-order valence-corrected chi connectivity index (χ2v) is 5.68. The van der Waals surface area contributed by atoms with Crippen LogP contribution in [0.1, 0.15) is 57.2 Å². The van der Waals surface area contributed by atoms with Gasteiger partial charge in [-0.2, -0.15) is 0 Å². The zero-order valence-electron chi connectivity index (χ0n) is 11.9. The molecule has 1 N–H and O–H groups in total. The summed E-state index contributed by atoms with van der Waals surface area (Å²) in [7, 11) is 1.85. The number of carbonyl (C=O) groups is 1. The molecule has 0 atom stereocenters. The molecule has 1 saturated carbocycles. The lowest BCUT2D eigenvalue weighted by atomic mass is 9.86. The highest BCUT2D eigenvalue weighted by molar-refractivity contribution is 5.75. The zero-order valence-corrected chi connectivity index (χ0v) is 11.9. The van der Waals surface area contributed by atoms with Crippen LogP contribution in [0.2, 0.25) is 0 Å². The second-order valence-electron chi connectivity index (χ2n) is 5.68. The van der Waals surface area contributed by atoms with Gasteiger partial charge in [0.25, 0.3) is 0 Å². The number of hydrogen-bond acceptors (Lipinski definition) is 2. The van der Waals surface area contributed by atoms with Gasteiger partial charge < -0.3 is 9.88 Å². The van der Waals surface area contributed by atoms with E-state index in [2.05, 4.69) is 9.97 Å². The fourth-order valence-electron chi connectivity index (χ4n) is 2.91. The Morgan fingerprint density at radius 3 is 2.89 bits per heavy atom. The first-order valence-corrected chi connectivity index (χ1v) is 7.48. The van der Waals surface area contributed by atoms with Gasteiger partial charge in [0.15, 0.2) is 0 Å². The van der Waals surface area contributed by atoms with Gasteiger partial charge in [0.05, 0.1) is 6.54 Å². The van der Waals surface area contributed by atoms with Crippen molar-refractivity contribution in [2.45, 2.75) is 57.9 Å². The van der Waals surface area contributed by atoms with E-state index in [4.69, 9.17) is 0 Å². The van der Waals surface area contributed by atoms with Gasteiger partial charge in [-0.3, -0.25) is 4.79 Å². The molecule has 1 heterocycles. The van der Waals surface area contributed by atoms with E-state index in [1.165, 1.54) is 38.5 Å². The molecule has 1 fully saturated rings. The number of aromatic nitrogens is 2. The van der Waals surface area contributed by atoms with Gasteiger partial charge in [0.1, 0.15) is 5.82 Å². The van der Waals surface area contributed by atoms with E-state index in [1.807, 2.05) is 7.05 Å². The van der Waals surface area contributed by atoms with E-state index < -0.39 is 0 Å². The molecule has 4 nitrogen and oxygen atoms in total. The van der Waals surface area contributed by atoms with Crippen LogP contribution in [0.4, 0.5) is 0 Å². The van der Waals surface area contributed by atoms with E-state index in [9.17, 15) is 4.79 Å². The average molecular weight is 263 g/mol. The van der Waals surface area contributed by atoms with Gasteiger partial charge in [0.2, 0.25) is 5.91 Å². The van der Waals surface area contributed by atoms with Gasteiger partial charge in [0, 0.05) is 25.9 Å². The highest BCUT2D eigenvalue weighted by Gasteiger charge is 2.15. The SMILES string of the molecule is CN(Cc1ncc[nH]1)C(=O)CCCC1CCCCC1. The van der Waals surface area contributed by atoms with E-state index in [0.29, 0.717) is 13.0 Å². The van der Waals surface area contributed by atoms with Crippen molar-refractivity contribution in [2.24, 2.45) is 5.92 Å². The maximum atomic E-state index is 12.0. The Morgan fingerprint density at radius 1 is 1.42 bits per heavy atom. The smallest absolute Gasteiger partial charge is 0.222 e. The fourth-order valence-corrected chi connectivity index (χ4v) is 2.91. The molecule has 1 aromatic heterocycles. The van der Waals surface area contributed by atoms with E-state index >= 15 is 0 Å². The van der Waals surface area contributed by atoms with Gasteiger partial charge in [-0.05, 0) is 18.8 Å². The standard InChI is InChI=1S/C15H25N3O/c1-18(12-14-16-10-11-17-14)15(19)9-5-8-13-6-3-2-4-7-13/h10-11,13H,2-9,12H2,1H3,(H,16,17). The number of nitrogens with one attached hydrogen (secondary N) is 1. The molecule has 0 spiro atoms. The van der Waals surface area contributed by atoms with Gasteiger partial charge in [-0.15, -0.1) is 0 Å². The first kappa shape index (κ1) is 14.1. The van der Waals surface area contributed by atoms with Crippen molar-refractivity contribution in [1.82, 2.24) is 14.9 Å². The van der Waals surface area contributed by atoms with Crippen molar-refractivity contribution >= 4 is 5.91 Å². The summed E-state index contributed by atoms with van der Waals surface area (Å²) >= 11 is 0. The van der Waals surface area contributed by atoms with Crippen LogP contribution in [0.3, 0.4) is 0 Å². The second kappa shape index (κ2) is 7.31. The number of rotatable bonds is 6. The van der Waals surface area contributed by atoms with E-state index in [1.54, 1.807) is 17.3 Å². The molecule has 0 bridgehead atoms. The minimum absolute atomic E-state index is 0.229. The van der Waals surface area contributed by atoms with Gasteiger partial charge >= 0.3 is 0 Å². The van der Waals surface area contributed by atoms with Crippen LogP contribution in [0, 0.1) is 5.92 Å². The Balaban J connectivity index is 1.63. The lowest BCUT2D eigenvalue weighted by molar-refractivity contribution is -0.130. The predicted octanol–water partition coefficient (Wildman–Crippen LogP) is 3.12. The molecule has 0 unspecified atom stereocenters. The van der Waals surface area contributed by atoms with Crippen LogP contribution in [0.5, 0.6) is 0 Å². The number of H-pyrrole nitrogens is 1. The Labute approximate surface area is 115 Å². The predicted molar refractivity (Wildman–Crippen MR) is 75.5 cm³/mol. The van der Waals surface area contributed by atoms with Crippen LogP contribution in [0.25, 0.3) is 0 Å². The van der Waals surface area contributed by atoms with Gasteiger partial charge in [-0.1, -0.05) is 32.1 Å². The molecule has 0 radical (unpaired) electrons. The number of aromatic amines is 1. The molecule has 1 aromatic rings. The Bertz CT molecular complexity index is 369. The quantitative estimate of drug-likeness (QED) is 0.857. The third-order valence-corrected chi connectivity index (χ3v) is 4.10. The first-order chi connectivity index (χ1) is 9.25. The van der Waals surface area contributed by atoms with Crippen LogP contribution in [-0.4, -0.2) is 27.8 Å². The first-order valence-electron chi connectivity index (χ1n) is 7.48. The summed E-state index contributed by atoms with van der Waals surface area (Å²) in [6.45, 7) is 0.579. The Hall–Kier alpha value is -1.32. The molecular weight excluding hydrogens is 238 g/mol. The maximum Gasteiger partial charge on any atom is 0.222 e. The van der Waals surface area contributed by atoms with Crippen LogP contribution in [-0.2, 0) is 11.3 Å². The molecule has 1 amide bonds. The third-order valence-electron chi connectivity index (χ3n) is 4.10. The monoisotopic (exact) mass is 263 g/mol. The number of nitrogens with zero attached hydrogens (tertiary/aromatic N) is 2. The fraction of sp³-hybridized carbons (Fsp3) is 0.733. The van der Waals surface area contributed by atoms with Crippen LogP contribution < -0.4 is 0 Å². The Morgan fingerprint density at radius 2 is 2.21 bits per heavy atom. The third kappa shape index (κ3) is 4.69. The summed E-state index contributed by atoms with van der Waals surface area (Å²) in [6.07, 6.45) is 13.4. The molecule has 19 heavy (non-hydrogen) atoms. The highest BCUT2D eigenvalue weighted by atomic mass is 16.2. The normalized spacial score (nSPS) is 16.5. The summed E-state index contributed by atoms with van der Waals surface area (Å²) in [5.74, 6) is 1.95. The topological polar surface area (TPSA) is 49.0 Å². The highest BCUT2D eigenvalue weighted by Crippen LogP contribution is 2.27. The Kier molecular flexibility index (Phi) is 5.43. The summed E-state index contributed by atoms with van der Waals surface area (Å²) < 4.78 is 0. The molecule has 0 saturated heterocycles. The molecule has 0 aliphatic heterocycles. The molecule has 106 valence electrons. The van der Waals surface area contributed by atoms with E-state index in [0.717, 1.165) is 18.2 Å². The van der Waals surface area contributed by atoms with Crippen LogP contribution >= 0.6 is 0 Å². The average Bonchev–Trinajstić information content (AvgIpc) is 2.92. The maximum absolute atomic E-state index is 12.0. The lowest BCUT2D eigenvalue weighted by Crippen LogP contribution is -2.26. The molecule has 1 aliphatic carbocycles. The van der Waals surface area contributed by atoms with Gasteiger partial charge in [-0.25, -0.2) is 4.98 Å². The molecule has 4 heteroatoms. The minimum atomic E-state index is 0.229. The summed E-state index contributed by atoms with van der Waals surface area (Å²) in [5, 5.41) is 0. The van der Waals surface area contributed by atoms with Crippen LogP contribution in [0.15, 0.2) is 12.4 Å². The number of imidazole rings is 1. The lowest BCUT2D eigenvalue weighted by Gasteiger charge is -2.22. The summed E-state index contributed by atoms with van der Waals surface area (Å²) in [6, 6.07) is 0. The van der Waals surface area contributed by atoms with Crippen molar-refractivity contribution in [3.8, 4) is 0 Å². The summed E-state index contributed by atoms with van der Waals surface area (Å²) in [5.41, 5.74) is 0. The largest absolute Gasteiger partial charge is 0.347 e. The molecular formula is C15H25N3O. The minimum Gasteiger partial charge on any atom is -0.347 e.